The van der Waals surface area contributed by atoms with Gasteiger partial charge >= 0.3 is 0 Å². The summed E-state index contributed by atoms with van der Waals surface area (Å²) in [4.78, 5) is 16.8. The standard InChI is InChI=1S/C17H24N4O2/c1-4-15-20-13(10-23-15)7-18-17(22)14-8-19-21(9-11(2)3)16(14)12-5-6-12/h8,10-12H,4-7,9H2,1-3H3,(H,18,22). The van der Waals surface area contributed by atoms with Gasteiger partial charge in [-0.2, -0.15) is 5.10 Å². The minimum absolute atomic E-state index is 0.0806. The van der Waals surface area contributed by atoms with E-state index in [1.54, 1.807) is 12.5 Å². The van der Waals surface area contributed by atoms with Crippen LogP contribution in [0.5, 0.6) is 0 Å². The number of carbonyl (C=O) groups is 1. The van der Waals surface area contributed by atoms with Crippen molar-refractivity contribution in [1.82, 2.24) is 20.1 Å². The van der Waals surface area contributed by atoms with E-state index in [1.807, 2.05) is 11.6 Å². The zero-order valence-electron chi connectivity index (χ0n) is 14.0. The maximum atomic E-state index is 12.5. The molecule has 1 N–H and O–H groups in total. The summed E-state index contributed by atoms with van der Waals surface area (Å²) in [6.07, 6.45) is 6.34. The molecule has 1 aliphatic carbocycles. The fourth-order valence-electron chi connectivity index (χ4n) is 2.71. The number of nitrogens with zero attached hydrogens (tertiary/aromatic N) is 3. The summed E-state index contributed by atoms with van der Waals surface area (Å²) in [5.74, 6) is 1.60. The van der Waals surface area contributed by atoms with E-state index in [1.165, 1.54) is 0 Å². The molecule has 1 fully saturated rings. The molecule has 2 heterocycles. The van der Waals surface area contributed by atoms with Crippen LogP contribution >= 0.6 is 0 Å². The van der Waals surface area contributed by atoms with Gasteiger partial charge in [0.05, 0.1) is 29.7 Å². The number of carbonyl (C=O) groups excluding carboxylic acids is 1. The van der Waals surface area contributed by atoms with Crippen LogP contribution in [-0.4, -0.2) is 20.7 Å². The van der Waals surface area contributed by atoms with Gasteiger partial charge < -0.3 is 9.73 Å². The lowest BCUT2D eigenvalue weighted by Crippen LogP contribution is -2.24. The number of nitrogens with one attached hydrogen (secondary N) is 1. The predicted octanol–water partition coefficient (Wildman–Crippen LogP) is 2.90. The van der Waals surface area contributed by atoms with Gasteiger partial charge in [-0.1, -0.05) is 20.8 Å². The second-order valence-corrected chi connectivity index (χ2v) is 6.56. The summed E-state index contributed by atoms with van der Waals surface area (Å²) in [6, 6.07) is 0. The summed E-state index contributed by atoms with van der Waals surface area (Å²) in [5.41, 5.74) is 2.54. The molecule has 124 valence electrons. The molecule has 0 atom stereocenters. The van der Waals surface area contributed by atoms with Gasteiger partial charge in [0.15, 0.2) is 5.89 Å². The smallest absolute Gasteiger partial charge is 0.255 e. The highest BCUT2D eigenvalue weighted by atomic mass is 16.3. The Morgan fingerprint density at radius 1 is 1.48 bits per heavy atom. The monoisotopic (exact) mass is 316 g/mol. The molecule has 0 saturated heterocycles. The van der Waals surface area contributed by atoms with Crippen LogP contribution in [0.15, 0.2) is 16.9 Å². The zero-order valence-corrected chi connectivity index (χ0v) is 14.0. The maximum Gasteiger partial charge on any atom is 0.255 e. The van der Waals surface area contributed by atoms with Crippen molar-refractivity contribution < 1.29 is 9.21 Å². The van der Waals surface area contributed by atoms with Crippen LogP contribution in [0.3, 0.4) is 0 Å². The van der Waals surface area contributed by atoms with Crippen molar-refractivity contribution in [2.45, 2.75) is 59.0 Å². The number of amides is 1. The fraction of sp³-hybridized carbons (Fsp3) is 0.588. The van der Waals surface area contributed by atoms with Crippen molar-refractivity contribution >= 4 is 5.91 Å². The summed E-state index contributed by atoms with van der Waals surface area (Å²) in [5, 5.41) is 7.36. The normalized spacial score (nSPS) is 14.4. The number of aromatic nitrogens is 3. The third-order valence-electron chi connectivity index (χ3n) is 3.96. The molecule has 2 aromatic rings. The minimum Gasteiger partial charge on any atom is -0.449 e. The van der Waals surface area contributed by atoms with Gasteiger partial charge in [-0.3, -0.25) is 9.48 Å². The molecular formula is C17H24N4O2. The number of hydrogen-bond donors (Lipinski definition) is 1. The summed E-state index contributed by atoms with van der Waals surface area (Å²) >= 11 is 0. The van der Waals surface area contributed by atoms with Crippen LogP contribution < -0.4 is 5.32 Å². The highest BCUT2D eigenvalue weighted by Crippen LogP contribution is 2.41. The van der Waals surface area contributed by atoms with Gasteiger partial charge in [-0.15, -0.1) is 0 Å². The summed E-state index contributed by atoms with van der Waals surface area (Å²) in [6.45, 7) is 7.53. The Labute approximate surface area is 136 Å². The molecule has 2 aromatic heterocycles. The Kier molecular flexibility index (Phi) is 4.50. The van der Waals surface area contributed by atoms with E-state index in [-0.39, 0.29) is 5.91 Å². The van der Waals surface area contributed by atoms with E-state index in [2.05, 4.69) is 29.2 Å². The Morgan fingerprint density at radius 3 is 2.87 bits per heavy atom. The van der Waals surface area contributed by atoms with Crippen molar-refractivity contribution in [2.75, 3.05) is 0 Å². The first-order chi connectivity index (χ1) is 11.1. The van der Waals surface area contributed by atoms with Crippen LogP contribution in [0.2, 0.25) is 0 Å². The topological polar surface area (TPSA) is 73.0 Å². The molecule has 0 radical (unpaired) electrons. The lowest BCUT2D eigenvalue weighted by atomic mass is 10.1. The Morgan fingerprint density at radius 2 is 2.26 bits per heavy atom. The molecular weight excluding hydrogens is 292 g/mol. The molecule has 1 aliphatic rings. The van der Waals surface area contributed by atoms with Crippen LogP contribution in [0.25, 0.3) is 0 Å². The fourth-order valence-corrected chi connectivity index (χ4v) is 2.71. The predicted molar refractivity (Wildman–Crippen MR) is 86.1 cm³/mol. The molecule has 3 rings (SSSR count). The largest absolute Gasteiger partial charge is 0.449 e. The zero-order chi connectivity index (χ0) is 16.4. The highest BCUT2D eigenvalue weighted by molar-refractivity contribution is 5.95. The van der Waals surface area contributed by atoms with E-state index < -0.39 is 0 Å². The molecule has 6 heteroatoms. The first kappa shape index (κ1) is 15.8. The van der Waals surface area contributed by atoms with E-state index in [0.29, 0.717) is 29.8 Å². The number of oxazole rings is 1. The van der Waals surface area contributed by atoms with Crippen molar-refractivity contribution in [1.29, 1.82) is 0 Å². The average Bonchev–Trinajstić information content (AvgIpc) is 3.10. The number of rotatable bonds is 7. The Balaban J connectivity index is 1.70. The van der Waals surface area contributed by atoms with Gasteiger partial charge in [0.1, 0.15) is 6.26 Å². The van der Waals surface area contributed by atoms with Crippen molar-refractivity contribution in [3.63, 3.8) is 0 Å². The van der Waals surface area contributed by atoms with Crippen LogP contribution in [0.1, 0.15) is 67.2 Å². The molecule has 0 aliphatic heterocycles. The lowest BCUT2D eigenvalue weighted by Gasteiger charge is -2.11. The molecule has 0 bridgehead atoms. The lowest BCUT2D eigenvalue weighted by molar-refractivity contribution is 0.0949. The van der Waals surface area contributed by atoms with Crippen molar-refractivity contribution in [2.24, 2.45) is 5.92 Å². The first-order valence-electron chi connectivity index (χ1n) is 8.35. The third kappa shape index (κ3) is 3.63. The molecule has 1 amide bonds. The van der Waals surface area contributed by atoms with Crippen molar-refractivity contribution in [3.8, 4) is 0 Å². The second-order valence-electron chi connectivity index (χ2n) is 6.56. The van der Waals surface area contributed by atoms with Gasteiger partial charge in [-0.05, 0) is 18.8 Å². The molecule has 0 unspecified atom stereocenters. The van der Waals surface area contributed by atoms with Gasteiger partial charge in [-0.25, -0.2) is 4.98 Å². The Bertz CT molecular complexity index is 683. The minimum atomic E-state index is -0.0806. The number of hydrogen-bond acceptors (Lipinski definition) is 4. The molecule has 1 saturated carbocycles. The summed E-state index contributed by atoms with van der Waals surface area (Å²) in [7, 11) is 0. The van der Waals surface area contributed by atoms with Crippen molar-refractivity contribution in [3.05, 3.63) is 35.3 Å². The van der Waals surface area contributed by atoms with Crippen LogP contribution in [0.4, 0.5) is 0 Å². The third-order valence-corrected chi connectivity index (χ3v) is 3.96. The van der Waals surface area contributed by atoms with Gasteiger partial charge in [0, 0.05) is 18.9 Å². The van der Waals surface area contributed by atoms with E-state index in [0.717, 1.165) is 37.2 Å². The Hall–Kier alpha value is -2.11. The first-order valence-corrected chi connectivity index (χ1v) is 8.35. The SMILES string of the molecule is CCc1nc(CNC(=O)c2cnn(CC(C)C)c2C2CC2)co1. The summed E-state index contributed by atoms with van der Waals surface area (Å²) < 4.78 is 7.30. The second kappa shape index (κ2) is 6.56. The molecule has 23 heavy (non-hydrogen) atoms. The quantitative estimate of drug-likeness (QED) is 0.852. The van der Waals surface area contributed by atoms with E-state index in [4.69, 9.17) is 4.42 Å². The number of aryl methyl sites for hydroxylation is 1. The maximum absolute atomic E-state index is 12.5. The molecule has 0 aromatic carbocycles. The van der Waals surface area contributed by atoms with Crippen LogP contribution in [-0.2, 0) is 19.5 Å². The molecule has 6 nitrogen and oxygen atoms in total. The highest BCUT2D eigenvalue weighted by Gasteiger charge is 2.32. The van der Waals surface area contributed by atoms with Crippen LogP contribution in [0, 0.1) is 5.92 Å². The van der Waals surface area contributed by atoms with Gasteiger partial charge in [0.2, 0.25) is 0 Å². The van der Waals surface area contributed by atoms with Gasteiger partial charge in [0.25, 0.3) is 5.91 Å². The average molecular weight is 316 g/mol. The van der Waals surface area contributed by atoms with E-state index >= 15 is 0 Å². The molecule has 0 spiro atoms. The van der Waals surface area contributed by atoms with E-state index in [9.17, 15) is 4.79 Å².